The minimum atomic E-state index is -0.136. The number of halogens is 1. The Morgan fingerprint density at radius 3 is 2.75 bits per heavy atom. The standard InChI is InChI=1S/C14H8BrNO2S2/c15-10-5-1-2-6-11(10)16-13(17)12(20-14(16)19)8-9-4-3-7-18-9/h1-8H. The lowest BCUT2D eigenvalue weighted by Gasteiger charge is -2.15. The molecule has 1 saturated heterocycles. The number of thiocarbonyl (C=S) groups is 1. The van der Waals surface area contributed by atoms with Crippen molar-refractivity contribution in [3.63, 3.8) is 0 Å². The van der Waals surface area contributed by atoms with Gasteiger partial charge in [0.1, 0.15) is 5.76 Å². The number of benzene rings is 1. The fourth-order valence-electron chi connectivity index (χ4n) is 1.81. The summed E-state index contributed by atoms with van der Waals surface area (Å²) in [5, 5.41) is 0. The Morgan fingerprint density at radius 2 is 2.05 bits per heavy atom. The molecule has 1 aliphatic heterocycles. The van der Waals surface area contributed by atoms with Crippen LogP contribution in [0.25, 0.3) is 6.08 Å². The zero-order chi connectivity index (χ0) is 14.1. The molecule has 0 unspecified atom stereocenters. The molecule has 100 valence electrons. The highest BCUT2D eigenvalue weighted by Gasteiger charge is 2.34. The Balaban J connectivity index is 1.98. The molecule has 1 aromatic carbocycles. The molecule has 1 fully saturated rings. The maximum atomic E-state index is 12.5. The fraction of sp³-hybridized carbons (Fsp3) is 0. The molecule has 0 spiro atoms. The number of nitrogens with zero attached hydrogens (tertiary/aromatic N) is 1. The van der Waals surface area contributed by atoms with Crippen LogP contribution in [0.2, 0.25) is 0 Å². The van der Waals surface area contributed by atoms with Crippen molar-refractivity contribution < 1.29 is 9.21 Å². The van der Waals surface area contributed by atoms with E-state index in [-0.39, 0.29) is 5.91 Å². The number of hydrogen-bond acceptors (Lipinski definition) is 4. The van der Waals surface area contributed by atoms with Gasteiger partial charge in [-0.3, -0.25) is 9.69 Å². The molecule has 3 rings (SSSR count). The molecule has 0 bridgehead atoms. The van der Waals surface area contributed by atoms with Crippen molar-refractivity contribution in [1.82, 2.24) is 0 Å². The maximum absolute atomic E-state index is 12.5. The molecular formula is C14H8BrNO2S2. The van der Waals surface area contributed by atoms with Gasteiger partial charge in [-0.05, 0) is 40.2 Å². The van der Waals surface area contributed by atoms with E-state index in [1.165, 1.54) is 16.7 Å². The summed E-state index contributed by atoms with van der Waals surface area (Å²) in [4.78, 5) is 14.6. The van der Waals surface area contributed by atoms with Crippen LogP contribution in [-0.4, -0.2) is 10.2 Å². The Hall–Kier alpha value is -1.37. The lowest BCUT2D eigenvalue weighted by Crippen LogP contribution is -2.27. The minimum absolute atomic E-state index is 0.136. The number of rotatable bonds is 2. The first kappa shape index (κ1) is 13.6. The van der Waals surface area contributed by atoms with Gasteiger partial charge in [0.2, 0.25) is 0 Å². The second-order valence-electron chi connectivity index (χ2n) is 3.98. The topological polar surface area (TPSA) is 33.5 Å². The van der Waals surface area contributed by atoms with Crippen molar-refractivity contribution >= 4 is 61.9 Å². The van der Waals surface area contributed by atoms with Crippen LogP contribution in [0.4, 0.5) is 5.69 Å². The Morgan fingerprint density at radius 1 is 1.25 bits per heavy atom. The van der Waals surface area contributed by atoms with Gasteiger partial charge in [-0.2, -0.15) is 0 Å². The summed E-state index contributed by atoms with van der Waals surface area (Å²) in [5.41, 5.74) is 0.748. The Labute approximate surface area is 133 Å². The summed E-state index contributed by atoms with van der Waals surface area (Å²) in [5.74, 6) is 0.501. The smallest absolute Gasteiger partial charge is 0.270 e. The van der Waals surface area contributed by atoms with E-state index >= 15 is 0 Å². The molecule has 2 heterocycles. The Bertz CT molecular complexity index is 710. The fourth-order valence-corrected chi connectivity index (χ4v) is 3.54. The van der Waals surface area contributed by atoms with Gasteiger partial charge in [0, 0.05) is 10.5 Å². The number of furan rings is 1. The molecule has 1 aliphatic rings. The lowest BCUT2D eigenvalue weighted by molar-refractivity contribution is -0.113. The molecule has 0 radical (unpaired) electrons. The van der Waals surface area contributed by atoms with Gasteiger partial charge in [-0.15, -0.1) is 0 Å². The predicted octanol–water partition coefficient (Wildman–Crippen LogP) is 4.45. The minimum Gasteiger partial charge on any atom is -0.465 e. The molecule has 3 nitrogen and oxygen atoms in total. The van der Waals surface area contributed by atoms with E-state index in [2.05, 4.69) is 15.9 Å². The molecule has 0 aliphatic carbocycles. The lowest BCUT2D eigenvalue weighted by atomic mass is 10.3. The monoisotopic (exact) mass is 365 g/mol. The highest BCUT2D eigenvalue weighted by atomic mass is 79.9. The number of carbonyl (C=O) groups excluding carboxylic acids is 1. The van der Waals surface area contributed by atoms with E-state index in [1.807, 2.05) is 24.3 Å². The number of thioether (sulfide) groups is 1. The van der Waals surface area contributed by atoms with Gasteiger partial charge in [0.25, 0.3) is 5.91 Å². The van der Waals surface area contributed by atoms with Crippen LogP contribution in [0.5, 0.6) is 0 Å². The molecule has 0 saturated carbocycles. The maximum Gasteiger partial charge on any atom is 0.270 e. The summed E-state index contributed by atoms with van der Waals surface area (Å²) in [6.07, 6.45) is 3.27. The molecule has 6 heteroatoms. The van der Waals surface area contributed by atoms with Crippen molar-refractivity contribution in [3.8, 4) is 0 Å². The first-order valence-corrected chi connectivity index (χ1v) is 7.74. The molecule has 1 aromatic heterocycles. The average Bonchev–Trinajstić information content (AvgIpc) is 3.01. The molecule has 0 atom stereocenters. The van der Waals surface area contributed by atoms with Gasteiger partial charge >= 0.3 is 0 Å². The number of hydrogen-bond donors (Lipinski definition) is 0. The van der Waals surface area contributed by atoms with Crippen LogP contribution < -0.4 is 4.90 Å². The van der Waals surface area contributed by atoms with Gasteiger partial charge in [0.05, 0.1) is 16.9 Å². The summed E-state index contributed by atoms with van der Waals surface area (Å²) in [6, 6.07) is 11.1. The average molecular weight is 366 g/mol. The van der Waals surface area contributed by atoms with Crippen LogP contribution in [0.1, 0.15) is 5.76 Å². The summed E-state index contributed by atoms with van der Waals surface area (Å²) >= 11 is 10.0. The SMILES string of the molecule is O=C1C(=Cc2ccco2)SC(=S)N1c1ccccc1Br. The van der Waals surface area contributed by atoms with Crippen molar-refractivity contribution in [2.45, 2.75) is 0 Å². The van der Waals surface area contributed by atoms with E-state index in [0.717, 1.165) is 10.2 Å². The summed E-state index contributed by atoms with van der Waals surface area (Å²) in [7, 11) is 0. The zero-order valence-electron chi connectivity index (χ0n) is 10.1. The largest absolute Gasteiger partial charge is 0.465 e. The molecular weight excluding hydrogens is 358 g/mol. The van der Waals surface area contributed by atoms with Crippen LogP contribution in [0.3, 0.4) is 0 Å². The highest BCUT2D eigenvalue weighted by molar-refractivity contribution is 9.10. The van der Waals surface area contributed by atoms with E-state index < -0.39 is 0 Å². The van der Waals surface area contributed by atoms with E-state index in [1.54, 1.807) is 24.5 Å². The second-order valence-corrected chi connectivity index (χ2v) is 6.51. The van der Waals surface area contributed by atoms with E-state index in [9.17, 15) is 4.79 Å². The van der Waals surface area contributed by atoms with Crippen LogP contribution in [0.15, 0.2) is 56.5 Å². The predicted molar refractivity (Wildman–Crippen MR) is 88.5 cm³/mol. The number of carbonyl (C=O) groups is 1. The zero-order valence-corrected chi connectivity index (χ0v) is 13.3. The number of amides is 1. The van der Waals surface area contributed by atoms with E-state index in [4.69, 9.17) is 16.6 Å². The van der Waals surface area contributed by atoms with Crippen LogP contribution in [-0.2, 0) is 4.79 Å². The number of para-hydroxylation sites is 1. The van der Waals surface area contributed by atoms with Crippen LogP contribution in [0, 0.1) is 0 Å². The van der Waals surface area contributed by atoms with Crippen molar-refractivity contribution in [1.29, 1.82) is 0 Å². The summed E-state index contributed by atoms with van der Waals surface area (Å²) in [6.45, 7) is 0. The van der Waals surface area contributed by atoms with Crippen molar-refractivity contribution in [3.05, 3.63) is 57.8 Å². The number of anilines is 1. The van der Waals surface area contributed by atoms with Gasteiger partial charge in [0.15, 0.2) is 4.32 Å². The Kier molecular flexibility index (Phi) is 3.78. The van der Waals surface area contributed by atoms with Crippen LogP contribution >= 0.6 is 39.9 Å². The normalized spacial score (nSPS) is 17.2. The third kappa shape index (κ3) is 2.46. The molecule has 20 heavy (non-hydrogen) atoms. The van der Waals surface area contributed by atoms with Gasteiger partial charge in [-0.1, -0.05) is 36.1 Å². The van der Waals surface area contributed by atoms with Crippen molar-refractivity contribution in [2.24, 2.45) is 0 Å². The van der Waals surface area contributed by atoms with Gasteiger partial charge < -0.3 is 4.42 Å². The molecule has 0 N–H and O–H groups in total. The molecule has 2 aromatic rings. The quantitative estimate of drug-likeness (QED) is 0.581. The molecule has 1 amide bonds. The summed E-state index contributed by atoms with van der Waals surface area (Å²) < 4.78 is 6.57. The van der Waals surface area contributed by atoms with Crippen molar-refractivity contribution in [2.75, 3.05) is 4.90 Å². The van der Waals surface area contributed by atoms with Gasteiger partial charge in [-0.25, -0.2) is 0 Å². The third-order valence-corrected chi connectivity index (χ3v) is 4.68. The van der Waals surface area contributed by atoms with E-state index in [0.29, 0.717) is 15.0 Å². The first-order chi connectivity index (χ1) is 9.66. The first-order valence-electron chi connectivity index (χ1n) is 5.73. The highest BCUT2D eigenvalue weighted by Crippen LogP contribution is 2.38. The third-order valence-electron chi connectivity index (χ3n) is 2.70. The second kappa shape index (κ2) is 5.55.